The zero-order chi connectivity index (χ0) is 13.9. The van der Waals surface area contributed by atoms with E-state index in [1.807, 2.05) is 6.92 Å². The average molecular weight is 329 g/mol. The third-order valence-electron chi connectivity index (χ3n) is 3.73. The molecule has 1 aromatic rings. The van der Waals surface area contributed by atoms with Crippen LogP contribution in [0.5, 0.6) is 0 Å². The highest BCUT2D eigenvalue weighted by atomic mass is 79.9. The van der Waals surface area contributed by atoms with Gasteiger partial charge in [-0.25, -0.2) is 4.39 Å². The molecule has 5 heteroatoms. The van der Waals surface area contributed by atoms with Gasteiger partial charge < -0.3 is 10.6 Å². The van der Waals surface area contributed by atoms with Crippen LogP contribution in [0.2, 0.25) is 0 Å². The summed E-state index contributed by atoms with van der Waals surface area (Å²) in [7, 11) is 0. The summed E-state index contributed by atoms with van der Waals surface area (Å²) in [5.74, 6) is -0.291. The van der Waals surface area contributed by atoms with Crippen molar-refractivity contribution in [3.8, 4) is 0 Å². The molecule has 104 valence electrons. The molecule has 19 heavy (non-hydrogen) atoms. The molecule has 1 aliphatic rings. The van der Waals surface area contributed by atoms with Gasteiger partial charge in [0, 0.05) is 11.0 Å². The summed E-state index contributed by atoms with van der Waals surface area (Å²) in [4.78, 5) is 12.3. The Morgan fingerprint density at radius 2 is 2.37 bits per heavy atom. The van der Waals surface area contributed by atoms with E-state index in [1.165, 1.54) is 12.1 Å². The second kappa shape index (κ2) is 6.01. The van der Waals surface area contributed by atoms with Gasteiger partial charge in [-0.2, -0.15) is 0 Å². The largest absolute Gasteiger partial charge is 0.350 e. The molecule has 1 unspecified atom stereocenters. The molecule has 0 radical (unpaired) electrons. The highest BCUT2D eigenvalue weighted by Gasteiger charge is 2.38. The van der Waals surface area contributed by atoms with Gasteiger partial charge in [0.1, 0.15) is 5.82 Å². The monoisotopic (exact) mass is 328 g/mol. The molecule has 0 aliphatic carbocycles. The van der Waals surface area contributed by atoms with E-state index in [-0.39, 0.29) is 11.7 Å². The summed E-state index contributed by atoms with van der Waals surface area (Å²) in [5.41, 5.74) is 0.303. The number of nitrogens with one attached hydrogen (secondary N) is 2. The topological polar surface area (TPSA) is 41.1 Å². The molecule has 3 nitrogen and oxygen atoms in total. The standard InChI is InChI=1S/C14H18BrFN2O/c1-2-14(6-3-7-18-14)13(19)17-9-10-8-11(16)4-5-12(10)15/h4-5,8,18H,2-3,6-7,9H2,1H3,(H,17,19). The maximum absolute atomic E-state index is 13.2. The van der Waals surface area contributed by atoms with Crippen LogP contribution < -0.4 is 10.6 Å². The number of benzene rings is 1. The van der Waals surface area contributed by atoms with Gasteiger partial charge in [0.25, 0.3) is 0 Å². The molecule has 1 amide bonds. The van der Waals surface area contributed by atoms with Crippen LogP contribution in [0.15, 0.2) is 22.7 Å². The fraction of sp³-hybridized carbons (Fsp3) is 0.500. The quantitative estimate of drug-likeness (QED) is 0.892. The molecule has 1 aliphatic heterocycles. The predicted molar refractivity (Wildman–Crippen MR) is 76.2 cm³/mol. The lowest BCUT2D eigenvalue weighted by atomic mass is 9.93. The van der Waals surface area contributed by atoms with Crippen molar-refractivity contribution in [3.05, 3.63) is 34.1 Å². The minimum atomic E-state index is -0.445. The van der Waals surface area contributed by atoms with Gasteiger partial charge in [0.15, 0.2) is 0 Å². The van der Waals surface area contributed by atoms with E-state index in [0.29, 0.717) is 6.54 Å². The van der Waals surface area contributed by atoms with Gasteiger partial charge >= 0.3 is 0 Å². The normalized spacial score (nSPS) is 22.5. The van der Waals surface area contributed by atoms with Crippen LogP contribution in [-0.4, -0.2) is 18.0 Å². The van der Waals surface area contributed by atoms with Crippen molar-refractivity contribution in [2.45, 2.75) is 38.3 Å². The van der Waals surface area contributed by atoms with Gasteiger partial charge in [-0.1, -0.05) is 22.9 Å². The fourth-order valence-electron chi connectivity index (χ4n) is 2.49. The molecular formula is C14H18BrFN2O. The van der Waals surface area contributed by atoms with Crippen molar-refractivity contribution in [1.82, 2.24) is 10.6 Å². The molecule has 0 aromatic heterocycles. The number of halogens is 2. The molecule has 1 saturated heterocycles. The first kappa shape index (κ1) is 14.5. The number of hydrogen-bond acceptors (Lipinski definition) is 2. The lowest BCUT2D eigenvalue weighted by Crippen LogP contribution is -2.52. The van der Waals surface area contributed by atoms with E-state index in [4.69, 9.17) is 0 Å². The number of hydrogen-bond donors (Lipinski definition) is 2. The highest BCUT2D eigenvalue weighted by molar-refractivity contribution is 9.10. The van der Waals surface area contributed by atoms with Gasteiger partial charge in [0.2, 0.25) is 5.91 Å². The van der Waals surface area contributed by atoms with Crippen LogP contribution in [0.3, 0.4) is 0 Å². The second-order valence-corrected chi connectivity index (χ2v) is 5.74. The Hall–Kier alpha value is -0.940. The first-order chi connectivity index (χ1) is 9.07. The van der Waals surface area contributed by atoms with E-state index in [0.717, 1.165) is 35.8 Å². The summed E-state index contributed by atoms with van der Waals surface area (Å²) in [6.45, 7) is 3.22. The van der Waals surface area contributed by atoms with E-state index in [1.54, 1.807) is 6.07 Å². The Morgan fingerprint density at radius 3 is 3.00 bits per heavy atom. The van der Waals surface area contributed by atoms with Crippen molar-refractivity contribution in [2.24, 2.45) is 0 Å². The van der Waals surface area contributed by atoms with Crippen molar-refractivity contribution in [3.63, 3.8) is 0 Å². The van der Waals surface area contributed by atoms with Gasteiger partial charge in [-0.15, -0.1) is 0 Å². The van der Waals surface area contributed by atoms with Crippen LogP contribution in [0, 0.1) is 5.82 Å². The Balaban J connectivity index is 2.02. The number of carbonyl (C=O) groups is 1. The van der Waals surface area contributed by atoms with Crippen LogP contribution in [0.1, 0.15) is 31.7 Å². The lowest BCUT2D eigenvalue weighted by Gasteiger charge is -2.26. The maximum Gasteiger partial charge on any atom is 0.240 e. The summed E-state index contributed by atoms with van der Waals surface area (Å²) >= 11 is 3.36. The zero-order valence-electron chi connectivity index (χ0n) is 10.9. The maximum atomic E-state index is 13.2. The Kier molecular flexibility index (Phi) is 4.58. The lowest BCUT2D eigenvalue weighted by molar-refractivity contribution is -0.127. The number of amides is 1. The van der Waals surface area contributed by atoms with Crippen LogP contribution in [0.4, 0.5) is 4.39 Å². The highest BCUT2D eigenvalue weighted by Crippen LogP contribution is 2.24. The molecule has 1 atom stereocenters. The third kappa shape index (κ3) is 3.15. The molecule has 0 bridgehead atoms. The van der Waals surface area contributed by atoms with Crippen molar-refractivity contribution in [2.75, 3.05) is 6.54 Å². The van der Waals surface area contributed by atoms with E-state index < -0.39 is 5.54 Å². The first-order valence-electron chi connectivity index (χ1n) is 6.54. The molecular weight excluding hydrogens is 311 g/mol. The Bertz CT molecular complexity index is 473. The van der Waals surface area contributed by atoms with Crippen molar-refractivity contribution >= 4 is 21.8 Å². The minimum absolute atomic E-state index is 0.00339. The number of carbonyl (C=O) groups excluding carboxylic acids is 1. The van der Waals surface area contributed by atoms with Crippen LogP contribution in [-0.2, 0) is 11.3 Å². The smallest absolute Gasteiger partial charge is 0.240 e. The third-order valence-corrected chi connectivity index (χ3v) is 4.50. The first-order valence-corrected chi connectivity index (χ1v) is 7.34. The minimum Gasteiger partial charge on any atom is -0.350 e. The zero-order valence-corrected chi connectivity index (χ0v) is 12.5. The van der Waals surface area contributed by atoms with E-state index >= 15 is 0 Å². The average Bonchev–Trinajstić information content (AvgIpc) is 2.89. The molecule has 2 rings (SSSR count). The fourth-order valence-corrected chi connectivity index (χ4v) is 2.87. The van der Waals surface area contributed by atoms with Gasteiger partial charge in [-0.3, -0.25) is 4.79 Å². The SMILES string of the molecule is CCC1(C(=O)NCc2cc(F)ccc2Br)CCCN1. The van der Waals surface area contributed by atoms with Gasteiger partial charge in [-0.05, 0) is 49.6 Å². The molecule has 1 aromatic carbocycles. The Labute approximate surface area is 121 Å². The summed E-state index contributed by atoms with van der Waals surface area (Å²) in [6.07, 6.45) is 2.65. The Morgan fingerprint density at radius 1 is 1.58 bits per heavy atom. The molecule has 0 saturated carbocycles. The van der Waals surface area contributed by atoms with E-state index in [9.17, 15) is 9.18 Å². The van der Waals surface area contributed by atoms with Gasteiger partial charge in [0.05, 0.1) is 5.54 Å². The summed E-state index contributed by atoms with van der Waals surface area (Å²) in [6, 6.07) is 4.48. The predicted octanol–water partition coefficient (Wildman–Crippen LogP) is 2.74. The van der Waals surface area contributed by atoms with Crippen molar-refractivity contribution < 1.29 is 9.18 Å². The summed E-state index contributed by atoms with van der Waals surface area (Å²) < 4.78 is 14.0. The molecule has 1 fully saturated rings. The number of rotatable bonds is 4. The molecule has 2 N–H and O–H groups in total. The molecule has 0 spiro atoms. The summed E-state index contributed by atoms with van der Waals surface area (Å²) in [5, 5.41) is 6.19. The van der Waals surface area contributed by atoms with Crippen LogP contribution in [0.25, 0.3) is 0 Å². The second-order valence-electron chi connectivity index (χ2n) is 4.88. The van der Waals surface area contributed by atoms with E-state index in [2.05, 4.69) is 26.6 Å². The van der Waals surface area contributed by atoms with Crippen LogP contribution >= 0.6 is 15.9 Å². The molecule has 1 heterocycles. The van der Waals surface area contributed by atoms with Crippen molar-refractivity contribution in [1.29, 1.82) is 0 Å².